The summed E-state index contributed by atoms with van der Waals surface area (Å²) >= 11 is 0. The molecule has 0 spiro atoms. The first-order valence-corrected chi connectivity index (χ1v) is 6.59. The lowest BCUT2D eigenvalue weighted by molar-refractivity contribution is 0.0922. The molecule has 0 aliphatic carbocycles. The van der Waals surface area contributed by atoms with Gasteiger partial charge in [-0.05, 0) is 23.9 Å². The maximum absolute atomic E-state index is 12.3. The second kappa shape index (κ2) is 5.66. The van der Waals surface area contributed by atoms with Crippen molar-refractivity contribution in [1.82, 2.24) is 5.32 Å². The van der Waals surface area contributed by atoms with Gasteiger partial charge in [0.2, 0.25) is 0 Å². The fourth-order valence-electron chi connectivity index (χ4n) is 2.08. The highest BCUT2D eigenvalue weighted by atomic mass is 16.1. The van der Waals surface area contributed by atoms with E-state index < -0.39 is 0 Å². The van der Waals surface area contributed by atoms with Crippen LogP contribution in [0.3, 0.4) is 0 Å². The first kappa shape index (κ1) is 14.9. The van der Waals surface area contributed by atoms with E-state index in [1.165, 1.54) is 5.56 Å². The third-order valence-corrected chi connectivity index (χ3v) is 3.30. The van der Waals surface area contributed by atoms with E-state index in [0.29, 0.717) is 5.92 Å². The van der Waals surface area contributed by atoms with Crippen LogP contribution in [-0.4, -0.2) is 18.9 Å². The lowest BCUT2D eigenvalue weighted by atomic mass is 9.85. The number of hydrogen-bond acceptors (Lipinski definition) is 2. The van der Waals surface area contributed by atoms with Gasteiger partial charge in [0.25, 0.3) is 0 Å². The quantitative estimate of drug-likeness (QED) is 0.826. The molecule has 0 amide bonds. The van der Waals surface area contributed by atoms with Crippen LogP contribution in [0.4, 0.5) is 0 Å². The maximum atomic E-state index is 12.3. The molecule has 100 valence electrons. The number of carbonyl (C=O) groups is 1. The third kappa shape index (κ3) is 3.42. The van der Waals surface area contributed by atoms with E-state index in [1.54, 1.807) is 0 Å². The van der Waals surface area contributed by atoms with Crippen molar-refractivity contribution in [3.05, 3.63) is 35.4 Å². The summed E-state index contributed by atoms with van der Waals surface area (Å²) in [4.78, 5) is 12.3. The van der Waals surface area contributed by atoms with Crippen LogP contribution in [-0.2, 0) is 5.41 Å². The summed E-state index contributed by atoms with van der Waals surface area (Å²) in [5, 5.41) is 3.10. The normalized spacial score (nSPS) is 13.7. The highest BCUT2D eigenvalue weighted by molar-refractivity contribution is 6.00. The molecule has 1 aromatic rings. The number of Topliss-reactive ketones (excluding diaryl/α,β-unsaturated/α-hetero) is 1. The molecule has 1 N–H and O–H groups in total. The monoisotopic (exact) mass is 247 g/mol. The largest absolute Gasteiger partial charge is 0.310 e. The van der Waals surface area contributed by atoms with Crippen LogP contribution in [0.1, 0.15) is 50.5 Å². The van der Waals surface area contributed by atoms with Gasteiger partial charge >= 0.3 is 0 Å². The number of likely N-dealkylation sites (N-methyl/N-ethyl adjacent to an activating group) is 1. The van der Waals surface area contributed by atoms with Gasteiger partial charge in [0.15, 0.2) is 5.78 Å². The van der Waals surface area contributed by atoms with Crippen molar-refractivity contribution < 1.29 is 4.79 Å². The third-order valence-electron chi connectivity index (χ3n) is 3.30. The van der Waals surface area contributed by atoms with Crippen LogP contribution in [0.2, 0.25) is 0 Å². The van der Waals surface area contributed by atoms with Crippen molar-refractivity contribution in [3.8, 4) is 0 Å². The fourth-order valence-corrected chi connectivity index (χ4v) is 2.08. The zero-order valence-corrected chi connectivity index (χ0v) is 12.4. The minimum Gasteiger partial charge on any atom is -0.310 e. The van der Waals surface area contributed by atoms with E-state index in [2.05, 4.69) is 52.1 Å². The predicted molar refractivity (Wildman–Crippen MR) is 77.2 cm³/mol. The molecule has 0 saturated heterocycles. The summed E-state index contributed by atoms with van der Waals surface area (Å²) < 4.78 is 0. The van der Waals surface area contributed by atoms with Crippen molar-refractivity contribution in [1.29, 1.82) is 0 Å². The van der Waals surface area contributed by atoms with Crippen molar-refractivity contribution in [2.75, 3.05) is 7.05 Å². The Morgan fingerprint density at radius 2 is 1.61 bits per heavy atom. The first-order valence-electron chi connectivity index (χ1n) is 6.59. The van der Waals surface area contributed by atoms with Crippen molar-refractivity contribution in [3.63, 3.8) is 0 Å². The zero-order chi connectivity index (χ0) is 13.9. The average Bonchev–Trinajstić information content (AvgIpc) is 2.28. The van der Waals surface area contributed by atoms with Gasteiger partial charge in [-0.25, -0.2) is 0 Å². The lowest BCUT2D eigenvalue weighted by Gasteiger charge is -2.21. The minimum absolute atomic E-state index is 0.106. The number of ketones is 1. The summed E-state index contributed by atoms with van der Waals surface area (Å²) in [6.07, 6.45) is 0. The molecule has 0 aromatic heterocycles. The minimum atomic E-state index is -0.106. The first-order chi connectivity index (χ1) is 8.27. The predicted octanol–water partition coefficient (Wildman–Crippen LogP) is 3.41. The van der Waals surface area contributed by atoms with Crippen LogP contribution in [0.25, 0.3) is 0 Å². The molecule has 0 fully saturated rings. The summed E-state index contributed by atoms with van der Waals surface area (Å²) in [7, 11) is 1.84. The van der Waals surface area contributed by atoms with Gasteiger partial charge in [-0.1, -0.05) is 58.9 Å². The maximum Gasteiger partial charge on any atom is 0.179 e. The number of hydrogen-bond donors (Lipinski definition) is 1. The molecule has 0 heterocycles. The number of carbonyl (C=O) groups excluding carboxylic acids is 1. The van der Waals surface area contributed by atoms with E-state index in [4.69, 9.17) is 0 Å². The van der Waals surface area contributed by atoms with Gasteiger partial charge < -0.3 is 5.32 Å². The van der Waals surface area contributed by atoms with Gasteiger partial charge in [-0.15, -0.1) is 0 Å². The Labute approximate surface area is 111 Å². The van der Waals surface area contributed by atoms with Gasteiger partial charge in [-0.2, -0.15) is 0 Å². The van der Waals surface area contributed by atoms with Crippen LogP contribution in [0.15, 0.2) is 24.3 Å². The molecule has 0 aliphatic rings. The molecule has 1 aromatic carbocycles. The summed E-state index contributed by atoms with van der Waals surface area (Å²) in [5.41, 5.74) is 2.17. The SMILES string of the molecule is CNC(C(=O)c1ccc(C(C)(C)C)cc1)C(C)C. The zero-order valence-electron chi connectivity index (χ0n) is 12.4. The molecule has 18 heavy (non-hydrogen) atoms. The molecule has 0 radical (unpaired) electrons. The smallest absolute Gasteiger partial charge is 0.179 e. The Morgan fingerprint density at radius 3 is 1.94 bits per heavy atom. The van der Waals surface area contributed by atoms with Crippen LogP contribution in [0.5, 0.6) is 0 Å². The molecule has 0 saturated carbocycles. The van der Waals surface area contributed by atoms with E-state index in [-0.39, 0.29) is 17.2 Å². The standard InChI is InChI=1S/C16H25NO/c1-11(2)14(17-6)15(18)12-7-9-13(10-8-12)16(3,4)5/h7-11,14,17H,1-6H3. The molecule has 0 bridgehead atoms. The Hall–Kier alpha value is -1.15. The van der Waals surface area contributed by atoms with Gasteiger partial charge in [-0.3, -0.25) is 4.79 Å². The molecule has 1 atom stereocenters. The van der Waals surface area contributed by atoms with Gasteiger partial charge in [0.1, 0.15) is 0 Å². The Kier molecular flexibility index (Phi) is 4.69. The van der Waals surface area contributed by atoms with Crippen LogP contribution >= 0.6 is 0 Å². The van der Waals surface area contributed by atoms with E-state index in [0.717, 1.165) is 5.56 Å². The molecule has 1 unspecified atom stereocenters. The fraction of sp³-hybridized carbons (Fsp3) is 0.562. The molecule has 1 rings (SSSR count). The summed E-state index contributed by atoms with van der Waals surface area (Å²) in [5.74, 6) is 0.470. The number of nitrogens with one attached hydrogen (secondary N) is 1. The van der Waals surface area contributed by atoms with Crippen LogP contribution < -0.4 is 5.32 Å². The van der Waals surface area contributed by atoms with E-state index >= 15 is 0 Å². The Balaban J connectivity index is 2.95. The highest BCUT2D eigenvalue weighted by Gasteiger charge is 2.22. The van der Waals surface area contributed by atoms with Crippen molar-refractivity contribution in [2.24, 2.45) is 5.92 Å². The number of benzene rings is 1. The molecular formula is C16H25NO. The van der Waals surface area contributed by atoms with Gasteiger partial charge in [0, 0.05) is 5.56 Å². The topological polar surface area (TPSA) is 29.1 Å². The molecule has 2 nitrogen and oxygen atoms in total. The van der Waals surface area contributed by atoms with Crippen molar-refractivity contribution >= 4 is 5.78 Å². The summed E-state index contributed by atoms with van der Waals surface area (Å²) in [6, 6.07) is 7.89. The molecule has 2 heteroatoms. The molecular weight excluding hydrogens is 222 g/mol. The Morgan fingerprint density at radius 1 is 1.11 bits per heavy atom. The lowest BCUT2D eigenvalue weighted by Crippen LogP contribution is -2.38. The van der Waals surface area contributed by atoms with Crippen molar-refractivity contribution in [2.45, 2.75) is 46.1 Å². The second-order valence-corrected chi connectivity index (χ2v) is 6.20. The highest BCUT2D eigenvalue weighted by Crippen LogP contribution is 2.22. The number of rotatable bonds is 4. The summed E-state index contributed by atoms with van der Waals surface area (Å²) in [6.45, 7) is 10.6. The van der Waals surface area contributed by atoms with E-state index in [1.807, 2.05) is 19.2 Å². The Bertz CT molecular complexity index is 398. The van der Waals surface area contributed by atoms with Crippen LogP contribution in [0, 0.1) is 5.92 Å². The second-order valence-electron chi connectivity index (χ2n) is 6.20. The van der Waals surface area contributed by atoms with Gasteiger partial charge in [0.05, 0.1) is 6.04 Å². The average molecular weight is 247 g/mol. The molecule has 0 aliphatic heterocycles. The van der Waals surface area contributed by atoms with E-state index in [9.17, 15) is 4.79 Å².